The van der Waals surface area contributed by atoms with E-state index in [-0.39, 0.29) is 0 Å². The highest BCUT2D eigenvalue weighted by Crippen LogP contribution is 2.38. The third-order valence-corrected chi connectivity index (χ3v) is 4.36. The minimum atomic E-state index is 0.306. The summed E-state index contributed by atoms with van der Waals surface area (Å²) in [5, 5.41) is 0. The Morgan fingerprint density at radius 3 is 2.16 bits per heavy atom. The Morgan fingerprint density at radius 2 is 1.68 bits per heavy atom. The van der Waals surface area contributed by atoms with E-state index in [1.165, 1.54) is 47.9 Å². The highest BCUT2D eigenvalue weighted by Gasteiger charge is 2.25. The largest absolute Gasteiger partial charge is 0.0990 e. The van der Waals surface area contributed by atoms with Crippen LogP contribution in [0.5, 0.6) is 0 Å². The average molecular weight is 258 g/mol. The summed E-state index contributed by atoms with van der Waals surface area (Å²) < 4.78 is 0. The standard InChI is InChI=1S/C19H30/c1-7-11-19(6,12-8-2)17(5)14-18-10-9-15(3)13-16(18)4/h9-10,13H,5,7-8,11-12,14H2,1-4,6H3. The monoisotopic (exact) mass is 258 g/mol. The molecule has 0 amide bonds. The maximum Gasteiger partial charge on any atom is -0.00617 e. The summed E-state index contributed by atoms with van der Waals surface area (Å²) in [6.07, 6.45) is 6.02. The van der Waals surface area contributed by atoms with Gasteiger partial charge in [-0.2, -0.15) is 0 Å². The molecule has 0 radical (unpaired) electrons. The van der Waals surface area contributed by atoms with Crippen molar-refractivity contribution in [2.45, 2.75) is 66.7 Å². The van der Waals surface area contributed by atoms with Gasteiger partial charge < -0.3 is 0 Å². The van der Waals surface area contributed by atoms with Crippen LogP contribution < -0.4 is 0 Å². The van der Waals surface area contributed by atoms with Crippen LogP contribution in [0.2, 0.25) is 0 Å². The molecule has 0 fully saturated rings. The van der Waals surface area contributed by atoms with Crippen LogP contribution in [0.25, 0.3) is 0 Å². The molecule has 0 bridgehead atoms. The maximum atomic E-state index is 4.42. The molecule has 0 saturated carbocycles. The van der Waals surface area contributed by atoms with Gasteiger partial charge in [0.25, 0.3) is 0 Å². The minimum Gasteiger partial charge on any atom is -0.0990 e. The first-order valence-electron chi connectivity index (χ1n) is 7.67. The van der Waals surface area contributed by atoms with Crippen LogP contribution in [0.15, 0.2) is 30.4 Å². The van der Waals surface area contributed by atoms with Gasteiger partial charge in [0.15, 0.2) is 0 Å². The Labute approximate surface area is 119 Å². The first-order valence-corrected chi connectivity index (χ1v) is 7.67. The normalized spacial score (nSPS) is 11.6. The molecule has 0 aliphatic carbocycles. The summed E-state index contributed by atoms with van der Waals surface area (Å²) in [6, 6.07) is 6.76. The molecule has 0 unspecified atom stereocenters. The highest BCUT2D eigenvalue weighted by atomic mass is 14.3. The van der Waals surface area contributed by atoms with E-state index in [1.807, 2.05) is 0 Å². The quantitative estimate of drug-likeness (QED) is 0.525. The number of rotatable bonds is 7. The zero-order valence-electron chi connectivity index (χ0n) is 13.5. The third-order valence-electron chi connectivity index (χ3n) is 4.36. The summed E-state index contributed by atoms with van der Waals surface area (Å²) in [6.45, 7) is 15.7. The summed E-state index contributed by atoms with van der Waals surface area (Å²) in [7, 11) is 0. The molecule has 0 nitrogen and oxygen atoms in total. The fourth-order valence-electron chi connectivity index (χ4n) is 3.07. The van der Waals surface area contributed by atoms with Crippen molar-refractivity contribution in [1.29, 1.82) is 0 Å². The lowest BCUT2D eigenvalue weighted by atomic mass is 9.73. The average Bonchev–Trinajstić information content (AvgIpc) is 2.33. The zero-order valence-corrected chi connectivity index (χ0v) is 13.5. The lowest BCUT2D eigenvalue weighted by Gasteiger charge is -2.32. The predicted molar refractivity (Wildman–Crippen MR) is 86.7 cm³/mol. The molecule has 0 aliphatic heterocycles. The summed E-state index contributed by atoms with van der Waals surface area (Å²) in [4.78, 5) is 0. The molecule has 0 aromatic heterocycles. The van der Waals surface area contributed by atoms with Crippen LogP contribution in [0.3, 0.4) is 0 Å². The molecule has 0 aliphatic rings. The SMILES string of the molecule is C=C(Cc1ccc(C)cc1C)C(C)(CCC)CCC. The van der Waals surface area contributed by atoms with Gasteiger partial charge in [-0.25, -0.2) is 0 Å². The van der Waals surface area contributed by atoms with Crippen LogP contribution in [0.1, 0.15) is 63.1 Å². The second-order valence-electron chi connectivity index (χ2n) is 6.27. The van der Waals surface area contributed by atoms with Crippen LogP contribution in [0, 0.1) is 19.3 Å². The summed E-state index contributed by atoms with van der Waals surface area (Å²) in [5.74, 6) is 0. The zero-order chi connectivity index (χ0) is 14.5. The Morgan fingerprint density at radius 1 is 1.11 bits per heavy atom. The van der Waals surface area contributed by atoms with Crippen LogP contribution >= 0.6 is 0 Å². The van der Waals surface area contributed by atoms with Crippen molar-refractivity contribution in [3.8, 4) is 0 Å². The van der Waals surface area contributed by atoms with Gasteiger partial charge in [-0.05, 0) is 49.7 Å². The van der Waals surface area contributed by atoms with Crippen molar-refractivity contribution < 1.29 is 0 Å². The molecule has 106 valence electrons. The van der Waals surface area contributed by atoms with E-state index in [4.69, 9.17) is 0 Å². The smallest absolute Gasteiger partial charge is 0.00617 e. The topological polar surface area (TPSA) is 0 Å². The number of allylic oxidation sites excluding steroid dienone is 1. The van der Waals surface area contributed by atoms with Crippen LogP contribution in [-0.4, -0.2) is 0 Å². The molecule has 19 heavy (non-hydrogen) atoms. The molecule has 1 aromatic rings. The first kappa shape index (κ1) is 16.0. The number of benzene rings is 1. The summed E-state index contributed by atoms with van der Waals surface area (Å²) >= 11 is 0. The molecule has 0 spiro atoms. The van der Waals surface area contributed by atoms with Crippen molar-refractivity contribution in [3.63, 3.8) is 0 Å². The summed E-state index contributed by atoms with van der Waals surface area (Å²) in [5.41, 5.74) is 5.89. The van der Waals surface area contributed by atoms with Gasteiger partial charge in [0.2, 0.25) is 0 Å². The van der Waals surface area contributed by atoms with Crippen molar-refractivity contribution in [3.05, 3.63) is 47.0 Å². The van der Waals surface area contributed by atoms with E-state index in [0.717, 1.165) is 6.42 Å². The van der Waals surface area contributed by atoms with Crippen molar-refractivity contribution >= 4 is 0 Å². The maximum absolute atomic E-state index is 4.42. The van der Waals surface area contributed by atoms with Crippen molar-refractivity contribution in [1.82, 2.24) is 0 Å². The number of hydrogen-bond donors (Lipinski definition) is 0. The number of aryl methyl sites for hydroxylation is 2. The van der Waals surface area contributed by atoms with Crippen molar-refractivity contribution in [2.24, 2.45) is 5.41 Å². The molecule has 0 atom stereocenters. The lowest BCUT2D eigenvalue weighted by Crippen LogP contribution is -2.20. The van der Waals surface area contributed by atoms with Gasteiger partial charge in [0.05, 0.1) is 0 Å². The Balaban J connectivity index is 2.87. The molecule has 1 rings (SSSR count). The van der Waals surface area contributed by atoms with E-state index in [2.05, 4.69) is 59.4 Å². The van der Waals surface area contributed by atoms with Gasteiger partial charge in [-0.3, -0.25) is 0 Å². The van der Waals surface area contributed by atoms with Crippen LogP contribution in [0.4, 0.5) is 0 Å². The second-order valence-corrected chi connectivity index (χ2v) is 6.27. The van der Waals surface area contributed by atoms with E-state index in [9.17, 15) is 0 Å². The molecular weight excluding hydrogens is 228 g/mol. The molecular formula is C19H30. The Hall–Kier alpha value is -1.04. The van der Waals surface area contributed by atoms with Crippen molar-refractivity contribution in [2.75, 3.05) is 0 Å². The predicted octanol–water partition coefficient (Wildman–Crippen LogP) is 6.01. The Bertz CT molecular complexity index is 420. The van der Waals surface area contributed by atoms with E-state index in [0.29, 0.717) is 5.41 Å². The fourth-order valence-corrected chi connectivity index (χ4v) is 3.07. The van der Waals surface area contributed by atoms with E-state index >= 15 is 0 Å². The minimum absolute atomic E-state index is 0.306. The van der Waals surface area contributed by atoms with Gasteiger partial charge in [0.1, 0.15) is 0 Å². The number of hydrogen-bond acceptors (Lipinski definition) is 0. The molecule has 0 N–H and O–H groups in total. The molecule has 0 heteroatoms. The van der Waals surface area contributed by atoms with Gasteiger partial charge in [0, 0.05) is 0 Å². The van der Waals surface area contributed by atoms with Gasteiger partial charge in [-0.1, -0.05) is 69.5 Å². The van der Waals surface area contributed by atoms with E-state index < -0.39 is 0 Å². The Kier molecular flexibility index (Phi) is 5.85. The van der Waals surface area contributed by atoms with E-state index in [1.54, 1.807) is 0 Å². The third kappa shape index (κ3) is 4.23. The molecule has 0 saturated heterocycles. The van der Waals surface area contributed by atoms with Crippen LogP contribution in [-0.2, 0) is 6.42 Å². The fraction of sp³-hybridized carbons (Fsp3) is 0.579. The first-order chi connectivity index (χ1) is 8.92. The highest BCUT2D eigenvalue weighted by molar-refractivity contribution is 5.34. The van der Waals surface area contributed by atoms with Gasteiger partial charge in [-0.15, -0.1) is 0 Å². The lowest BCUT2D eigenvalue weighted by molar-refractivity contribution is 0.323. The molecule has 0 heterocycles. The molecule has 1 aromatic carbocycles. The second kappa shape index (κ2) is 6.93. The van der Waals surface area contributed by atoms with Gasteiger partial charge >= 0.3 is 0 Å².